The Bertz CT molecular complexity index is 361. The largest absolute Gasteiger partial charge is 0.398 e. The van der Waals surface area contributed by atoms with Crippen molar-refractivity contribution in [1.29, 1.82) is 0 Å². The maximum Gasteiger partial charge on any atom is 0.0535 e. The second-order valence-corrected chi connectivity index (χ2v) is 4.77. The van der Waals surface area contributed by atoms with Gasteiger partial charge >= 0.3 is 0 Å². The van der Waals surface area contributed by atoms with Crippen molar-refractivity contribution in [2.45, 2.75) is 38.0 Å². The first-order valence-corrected chi connectivity index (χ1v) is 6.47. The maximum atomic E-state index is 6.14. The molecular weight excluding hydrogens is 204 g/mol. The highest BCUT2D eigenvalue weighted by molar-refractivity contribution is 7.99. The molecule has 4 N–H and O–H groups in total. The molecule has 84 valence electrons. The molecule has 0 fully saturated rings. The Balaban J connectivity index is 3.36. The normalized spacial score (nSPS) is 12.8. The number of thioether (sulfide) groups is 1. The van der Waals surface area contributed by atoms with Gasteiger partial charge in [-0.15, -0.1) is 11.8 Å². The molecule has 1 atom stereocenters. The zero-order chi connectivity index (χ0) is 11.6. The molecule has 0 aliphatic heterocycles. The number of rotatable bonds is 3. The van der Waals surface area contributed by atoms with E-state index in [1.807, 2.05) is 13.2 Å². The molecule has 0 aliphatic carbocycles. The van der Waals surface area contributed by atoms with E-state index in [4.69, 9.17) is 11.5 Å². The fraction of sp³-hybridized carbons (Fsp3) is 0.500. The summed E-state index contributed by atoms with van der Waals surface area (Å²) in [4.78, 5) is 1.03. The van der Waals surface area contributed by atoms with Crippen molar-refractivity contribution in [2.24, 2.45) is 0 Å². The average Bonchev–Trinajstić information content (AvgIpc) is 2.23. The van der Waals surface area contributed by atoms with Crippen LogP contribution in [0.4, 0.5) is 11.4 Å². The highest BCUT2D eigenvalue weighted by atomic mass is 32.2. The van der Waals surface area contributed by atoms with Crippen molar-refractivity contribution in [3.8, 4) is 0 Å². The van der Waals surface area contributed by atoms with Crippen LogP contribution in [0, 0.1) is 6.92 Å². The van der Waals surface area contributed by atoms with Crippen LogP contribution in [0.3, 0.4) is 0 Å². The van der Waals surface area contributed by atoms with Crippen LogP contribution in [0.2, 0.25) is 0 Å². The lowest BCUT2D eigenvalue weighted by molar-refractivity contribution is 0.733. The predicted octanol–water partition coefficient (Wildman–Crippen LogP) is 3.39. The lowest BCUT2D eigenvalue weighted by atomic mass is 9.94. The molecule has 0 radical (unpaired) electrons. The van der Waals surface area contributed by atoms with Gasteiger partial charge < -0.3 is 11.5 Å². The summed E-state index contributed by atoms with van der Waals surface area (Å²) >= 11 is 1.63. The second kappa shape index (κ2) is 4.79. The van der Waals surface area contributed by atoms with Gasteiger partial charge in [0.25, 0.3) is 0 Å². The Kier molecular flexibility index (Phi) is 3.91. The van der Waals surface area contributed by atoms with E-state index in [2.05, 4.69) is 19.9 Å². The van der Waals surface area contributed by atoms with Crippen LogP contribution in [0.5, 0.6) is 0 Å². The van der Waals surface area contributed by atoms with Crippen LogP contribution in [0.15, 0.2) is 11.0 Å². The van der Waals surface area contributed by atoms with E-state index in [1.54, 1.807) is 11.8 Å². The van der Waals surface area contributed by atoms with Crippen molar-refractivity contribution < 1.29 is 0 Å². The summed E-state index contributed by atoms with van der Waals surface area (Å²) in [6, 6.07) is 2.12. The van der Waals surface area contributed by atoms with Crippen LogP contribution >= 0.6 is 11.8 Å². The number of nitrogen functional groups attached to an aromatic ring is 2. The van der Waals surface area contributed by atoms with Crippen molar-refractivity contribution in [2.75, 3.05) is 17.7 Å². The SMILES string of the molecule is CC[C@H](C)c1cc(C)c(N)c(SC)c1N. The Morgan fingerprint density at radius 1 is 1.33 bits per heavy atom. The summed E-state index contributed by atoms with van der Waals surface area (Å²) in [7, 11) is 0. The standard InChI is InChI=1S/C12H20N2S/c1-5-7(2)9-6-8(3)10(13)12(15-4)11(9)14/h6-7H,5,13-14H2,1-4H3/t7-/m0/s1. The van der Waals surface area contributed by atoms with Gasteiger partial charge in [0.2, 0.25) is 0 Å². The molecule has 0 aliphatic rings. The smallest absolute Gasteiger partial charge is 0.0535 e. The molecule has 3 heteroatoms. The maximum absolute atomic E-state index is 6.14. The molecule has 0 heterocycles. The lowest BCUT2D eigenvalue weighted by Gasteiger charge is -2.18. The molecule has 0 saturated heterocycles. The quantitative estimate of drug-likeness (QED) is 0.611. The van der Waals surface area contributed by atoms with E-state index in [-0.39, 0.29) is 0 Å². The first-order chi connectivity index (χ1) is 7.02. The fourth-order valence-electron chi connectivity index (χ4n) is 1.69. The van der Waals surface area contributed by atoms with Gasteiger partial charge in [0.15, 0.2) is 0 Å². The molecule has 2 nitrogen and oxygen atoms in total. The summed E-state index contributed by atoms with van der Waals surface area (Å²) in [6.07, 6.45) is 3.11. The monoisotopic (exact) mass is 224 g/mol. The molecular formula is C12H20N2S. The van der Waals surface area contributed by atoms with Crippen LogP contribution < -0.4 is 11.5 Å². The summed E-state index contributed by atoms with van der Waals surface area (Å²) in [5.74, 6) is 0.496. The Morgan fingerprint density at radius 3 is 2.40 bits per heavy atom. The van der Waals surface area contributed by atoms with Crippen molar-refractivity contribution in [3.05, 3.63) is 17.2 Å². The predicted molar refractivity (Wildman–Crippen MR) is 70.5 cm³/mol. The minimum absolute atomic E-state index is 0.496. The highest BCUT2D eigenvalue weighted by Gasteiger charge is 2.14. The zero-order valence-corrected chi connectivity index (χ0v) is 10.7. The van der Waals surface area contributed by atoms with Crippen molar-refractivity contribution in [1.82, 2.24) is 0 Å². The minimum Gasteiger partial charge on any atom is -0.398 e. The third-order valence-corrected chi connectivity index (χ3v) is 3.79. The Hall–Kier alpha value is -0.830. The van der Waals surface area contributed by atoms with Crippen molar-refractivity contribution >= 4 is 23.1 Å². The molecule has 15 heavy (non-hydrogen) atoms. The molecule has 0 unspecified atom stereocenters. The second-order valence-electron chi connectivity index (χ2n) is 3.95. The molecule has 0 saturated carbocycles. The van der Waals surface area contributed by atoms with Gasteiger partial charge in [-0.3, -0.25) is 0 Å². The Morgan fingerprint density at radius 2 is 1.93 bits per heavy atom. The van der Waals surface area contributed by atoms with Gasteiger partial charge in [0.1, 0.15) is 0 Å². The van der Waals surface area contributed by atoms with E-state index in [0.717, 1.165) is 28.3 Å². The van der Waals surface area contributed by atoms with Gasteiger partial charge in [-0.2, -0.15) is 0 Å². The summed E-state index contributed by atoms with van der Waals surface area (Å²) in [6.45, 7) is 6.42. The van der Waals surface area contributed by atoms with Gasteiger partial charge in [-0.25, -0.2) is 0 Å². The van der Waals surface area contributed by atoms with Gasteiger partial charge in [0, 0.05) is 0 Å². The van der Waals surface area contributed by atoms with E-state index in [9.17, 15) is 0 Å². The van der Waals surface area contributed by atoms with E-state index < -0.39 is 0 Å². The van der Waals surface area contributed by atoms with Crippen LogP contribution in [-0.2, 0) is 0 Å². The number of hydrogen-bond acceptors (Lipinski definition) is 3. The number of anilines is 2. The zero-order valence-electron chi connectivity index (χ0n) is 9.92. The summed E-state index contributed by atoms with van der Waals surface area (Å²) < 4.78 is 0. The van der Waals surface area contributed by atoms with Crippen molar-refractivity contribution in [3.63, 3.8) is 0 Å². The van der Waals surface area contributed by atoms with Gasteiger partial charge in [-0.05, 0) is 36.6 Å². The van der Waals surface area contributed by atoms with Crippen LogP contribution in [-0.4, -0.2) is 6.26 Å². The molecule has 1 rings (SSSR count). The highest BCUT2D eigenvalue weighted by Crippen LogP contribution is 2.38. The molecule has 1 aromatic rings. The summed E-state index contributed by atoms with van der Waals surface area (Å²) in [5, 5.41) is 0. The van der Waals surface area contributed by atoms with E-state index in [0.29, 0.717) is 5.92 Å². The molecule has 0 amide bonds. The van der Waals surface area contributed by atoms with Gasteiger partial charge in [0.05, 0.1) is 16.3 Å². The Labute approximate surface area is 96.4 Å². The fourth-order valence-corrected chi connectivity index (χ4v) is 2.41. The number of aryl methyl sites for hydroxylation is 1. The van der Waals surface area contributed by atoms with Crippen LogP contribution in [0.25, 0.3) is 0 Å². The number of hydrogen-bond donors (Lipinski definition) is 2. The first kappa shape index (κ1) is 12.2. The van der Waals surface area contributed by atoms with Gasteiger partial charge in [-0.1, -0.05) is 19.9 Å². The van der Waals surface area contributed by atoms with Crippen LogP contribution in [0.1, 0.15) is 37.3 Å². The van der Waals surface area contributed by atoms with E-state index in [1.165, 1.54) is 5.56 Å². The minimum atomic E-state index is 0.496. The topological polar surface area (TPSA) is 52.0 Å². The molecule has 0 aromatic heterocycles. The molecule has 1 aromatic carbocycles. The van der Waals surface area contributed by atoms with E-state index >= 15 is 0 Å². The number of nitrogens with two attached hydrogens (primary N) is 2. The first-order valence-electron chi connectivity index (χ1n) is 5.25. The average molecular weight is 224 g/mol. The third kappa shape index (κ3) is 2.23. The summed E-state index contributed by atoms with van der Waals surface area (Å²) in [5.41, 5.74) is 16.2. The third-order valence-electron chi connectivity index (χ3n) is 2.94. The lowest BCUT2D eigenvalue weighted by Crippen LogP contribution is -2.04. The number of benzene rings is 1. The molecule has 0 spiro atoms. The molecule has 0 bridgehead atoms.